The number of hydrogen-bond donors (Lipinski definition) is 2. The Bertz CT molecular complexity index is 423. The van der Waals surface area contributed by atoms with Crippen molar-refractivity contribution in [2.24, 2.45) is 11.7 Å². The molecule has 0 radical (unpaired) electrons. The van der Waals surface area contributed by atoms with Gasteiger partial charge in [0.2, 0.25) is 11.2 Å². The van der Waals surface area contributed by atoms with Crippen molar-refractivity contribution in [2.45, 2.75) is 6.04 Å². The van der Waals surface area contributed by atoms with Gasteiger partial charge in [0.15, 0.2) is 0 Å². The quantitative estimate of drug-likeness (QED) is 0.613. The third-order valence-corrected chi connectivity index (χ3v) is 2.74. The Morgan fingerprint density at radius 1 is 1.47 bits per heavy atom. The normalized spacial score (nSPS) is 23.7. The molecule has 17 heavy (non-hydrogen) atoms. The minimum atomic E-state index is -0.387. The van der Waals surface area contributed by atoms with Crippen molar-refractivity contribution in [1.82, 2.24) is 9.97 Å². The Hall–Kier alpha value is -0.950. The minimum absolute atomic E-state index is 0.0280. The van der Waals surface area contributed by atoms with Crippen LogP contribution in [0.5, 0.6) is 0 Å². The molecule has 6 nitrogen and oxygen atoms in total. The van der Waals surface area contributed by atoms with Gasteiger partial charge >= 0.3 is 0 Å². The molecule has 0 saturated carbocycles. The lowest BCUT2D eigenvalue weighted by Crippen LogP contribution is -2.37. The van der Waals surface area contributed by atoms with E-state index < -0.39 is 0 Å². The highest BCUT2D eigenvalue weighted by atomic mass is 35.5. The molecule has 0 aromatic carbocycles. The lowest BCUT2D eigenvalue weighted by atomic mass is 10.0. The SMILES string of the molecule is NC1COCC1C(=O)Nc1cc(Cl)nc(Cl)n1. The maximum Gasteiger partial charge on any atom is 0.232 e. The summed E-state index contributed by atoms with van der Waals surface area (Å²) in [6.45, 7) is 0.683. The zero-order valence-electron chi connectivity index (χ0n) is 8.69. The van der Waals surface area contributed by atoms with E-state index in [2.05, 4.69) is 15.3 Å². The number of halogens is 2. The predicted octanol–water partition coefficient (Wildman–Crippen LogP) is 0.696. The molecule has 0 aliphatic carbocycles. The molecule has 1 amide bonds. The molecule has 0 bridgehead atoms. The smallest absolute Gasteiger partial charge is 0.232 e. The molecular formula is C9H10Cl2N4O2. The molecule has 1 aromatic rings. The molecular weight excluding hydrogens is 267 g/mol. The number of rotatable bonds is 2. The average Bonchev–Trinajstić information content (AvgIpc) is 2.62. The second-order valence-electron chi connectivity index (χ2n) is 3.64. The van der Waals surface area contributed by atoms with Crippen LogP contribution in [-0.4, -0.2) is 35.1 Å². The molecule has 2 unspecified atom stereocenters. The fourth-order valence-electron chi connectivity index (χ4n) is 1.51. The lowest BCUT2D eigenvalue weighted by molar-refractivity contribution is -0.120. The van der Waals surface area contributed by atoms with Crippen molar-refractivity contribution >= 4 is 34.9 Å². The molecule has 92 valence electrons. The molecule has 8 heteroatoms. The number of nitrogens with zero attached hydrogens (tertiary/aromatic N) is 2. The first-order valence-electron chi connectivity index (χ1n) is 4.90. The molecule has 1 aliphatic rings. The fraction of sp³-hybridized carbons (Fsp3) is 0.444. The van der Waals surface area contributed by atoms with E-state index in [1.807, 2.05) is 0 Å². The zero-order chi connectivity index (χ0) is 12.4. The van der Waals surface area contributed by atoms with Crippen LogP contribution in [0.1, 0.15) is 0 Å². The second kappa shape index (κ2) is 5.14. The van der Waals surface area contributed by atoms with Gasteiger partial charge in [0.05, 0.1) is 19.1 Å². The van der Waals surface area contributed by atoms with E-state index in [0.717, 1.165) is 0 Å². The largest absolute Gasteiger partial charge is 0.379 e. The number of carbonyl (C=O) groups is 1. The number of hydrogen-bond acceptors (Lipinski definition) is 5. The molecule has 0 spiro atoms. The number of aromatic nitrogens is 2. The van der Waals surface area contributed by atoms with Gasteiger partial charge in [0.1, 0.15) is 11.0 Å². The summed E-state index contributed by atoms with van der Waals surface area (Å²) in [5.74, 6) is -0.401. The number of nitrogens with two attached hydrogens (primary N) is 1. The Labute approximate surface area is 107 Å². The van der Waals surface area contributed by atoms with Crippen LogP contribution in [0.15, 0.2) is 6.07 Å². The molecule has 2 rings (SSSR count). The summed E-state index contributed by atoms with van der Waals surface area (Å²) in [5.41, 5.74) is 5.72. The summed E-state index contributed by atoms with van der Waals surface area (Å²) >= 11 is 11.3. The van der Waals surface area contributed by atoms with Crippen LogP contribution >= 0.6 is 23.2 Å². The van der Waals surface area contributed by atoms with E-state index in [1.54, 1.807) is 0 Å². The van der Waals surface area contributed by atoms with Gasteiger partial charge in [-0.1, -0.05) is 11.6 Å². The third-order valence-electron chi connectivity index (χ3n) is 2.38. The number of ether oxygens (including phenoxy) is 1. The van der Waals surface area contributed by atoms with Gasteiger partial charge in [-0.05, 0) is 11.6 Å². The van der Waals surface area contributed by atoms with Crippen molar-refractivity contribution in [3.63, 3.8) is 0 Å². The molecule has 1 aliphatic heterocycles. The average molecular weight is 277 g/mol. The Morgan fingerprint density at radius 2 is 2.24 bits per heavy atom. The highest BCUT2D eigenvalue weighted by Crippen LogP contribution is 2.17. The summed E-state index contributed by atoms with van der Waals surface area (Å²) in [6.07, 6.45) is 0. The van der Waals surface area contributed by atoms with Gasteiger partial charge in [-0.3, -0.25) is 4.79 Å². The molecule has 1 aromatic heterocycles. The fourth-order valence-corrected chi connectivity index (χ4v) is 1.92. The third kappa shape index (κ3) is 3.04. The Kier molecular flexibility index (Phi) is 3.78. The van der Waals surface area contributed by atoms with E-state index in [-0.39, 0.29) is 34.1 Å². The monoisotopic (exact) mass is 276 g/mol. The van der Waals surface area contributed by atoms with Crippen molar-refractivity contribution in [1.29, 1.82) is 0 Å². The van der Waals surface area contributed by atoms with Gasteiger partial charge in [-0.25, -0.2) is 9.97 Å². The highest BCUT2D eigenvalue weighted by molar-refractivity contribution is 6.32. The summed E-state index contributed by atoms with van der Waals surface area (Å²) in [4.78, 5) is 19.3. The maximum absolute atomic E-state index is 11.8. The first kappa shape index (κ1) is 12.5. The molecule has 3 N–H and O–H groups in total. The van der Waals surface area contributed by atoms with Gasteiger partial charge < -0.3 is 15.8 Å². The summed E-state index contributed by atoms with van der Waals surface area (Å²) in [7, 11) is 0. The Balaban J connectivity index is 2.07. The zero-order valence-corrected chi connectivity index (χ0v) is 10.2. The van der Waals surface area contributed by atoms with Crippen LogP contribution in [0.25, 0.3) is 0 Å². The number of anilines is 1. The topological polar surface area (TPSA) is 90.1 Å². The van der Waals surface area contributed by atoms with Crippen LogP contribution in [0.4, 0.5) is 5.82 Å². The Morgan fingerprint density at radius 3 is 2.82 bits per heavy atom. The standard InChI is InChI=1S/C9H10Cl2N4O2/c10-6-1-7(15-9(11)13-6)14-8(16)4-2-17-3-5(4)12/h1,4-5H,2-3,12H2,(H,13,14,15,16). The number of nitrogens with one attached hydrogen (secondary N) is 1. The van der Waals surface area contributed by atoms with Crippen molar-refractivity contribution in [2.75, 3.05) is 18.5 Å². The van der Waals surface area contributed by atoms with E-state index >= 15 is 0 Å². The summed E-state index contributed by atoms with van der Waals surface area (Å²) < 4.78 is 5.10. The predicted molar refractivity (Wildman–Crippen MR) is 63.0 cm³/mol. The van der Waals surface area contributed by atoms with Gasteiger partial charge in [0, 0.05) is 12.1 Å². The number of carbonyl (C=O) groups excluding carboxylic acids is 1. The van der Waals surface area contributed by atoms with Crippen molar-refractivity contribution < 1.29 is 9.53 Å². The summed E-state index contributed by atoms with van der Waals surface area (Å²) in [5, 5.41) is 2.71. The van der Waals surface area contributed by atoms with Crippen LogP contribution in [0.3, 0.4) is 0 Å². The minimum Gasteiger partial charge on any atom is -0.379 e. The number of amides is 1. The molecule has 2 heterocycles. The second-order valence-corrected chi connectivity index (χ2v) is 4.37. The van der Waals surface area contributed by atoms with Crippen LogP contribution in [0.2, 0.25) is 10.4 Å². The van der Waals surface area contributed by atoms with Crippen LogP contribution in [0, 0.1) is 5.92 Å². The van der Waals surface area contributed by atoms with Gasteiger partial charge in [-0.2, -0.15) is 0 Å². The van der Waals surface area contributed by atoms with E-state index in [0.29, 0.717) is 13.2 Å². The van der Waals surface area contributed by atoms with Crippen LogP contribution in [-0.2, 0) is 9.53 Å². The molecule has 2 atom stereocenters. The summed E-state index contributed by atoms with van der Waals surface area (Å²) in [6, 6.07) is 1.11. The van der Waals surface area contributed by atoms with Gasteiger partial charge in [-0.15, -0.1) is 0 Å². The maximum atomic E-state index is 11.8. The van der Waals surface area contributed by atoms with E-state index in [9.17, 15) is 4.79 Å². The molecule has 1 saturated heterocycles. The van der Waals surface area contributed by atoms with E-state index in [4.69, 9.17) is 33.7 Å². The highest BCUT2D eigenvalue weighted by Gasteiger charge is 2.31. The van der Waals surface area contributed by atoms with Gasteiger partial charge in [0.25, 0.3) is 0 Å². The first-order valence-corrected chi connectivity index (χ1v) is 5.66. The van der Waals surface area contributed by atoms with Crippen LogP contribution < -0.4 is 11.1 Å². The first-order chi connectivity index (χ1) is 8.06. The van der Waals surface area contributed by atoms with Crippen molar-refractivity contribution in [3.8, 4) is 0 Å². The molecule has 1 fully saturated rings. The van der Waals surface area contributed by atoms with E-state index in [1.165, 1.54) is 6.07 Å². The lowest BCUT2D eigenvalue weighted by Gasteiger charge is -2.12. The van der Waals surface area contributed by atoms with Crippen molar-refractivity contribution in [3.05, 3.63) is 16.5 Å².